The predicted molar refractivity (Wildman–Crippen MR) is 73.5 cm³/mol. The molecule has 0 amide bonds. The van der Waals surface area contributed by atoms with Crippen molar-refractivity contribution in [1.29, 1.82) is 0 Å². The fourth-order valence-electron chi connectivity index (χ4n) is 2.20. The Morgan fingerprint density at radius 2 is 1.56 bits per heavy atom. The van der Waals surface area contributed by atoms with E-state index in [1.165, 1.54) is 12.8 Å². The zero-order valence-corrected chi connectivity index (χ0v) is 11.9. The minimum absolute atomic E-state index is 0.674. The van der Waals surface area contributed by atoms with Crippen LogP contribution in [0, 0.1) is 23.7 Å². The Kier molecular flexibility index (Phi) is 8.96. The molecule has 0 fully saturated rings. The van der Waals surface area contributed by atoms with Crippen molar-refractivity contribution in [1.82, 2.24) is 5.32 Å². The molecule has 16 heavy (non-hydrogen) atoms. The summed E-state index contributed by atoms with van der Waals surface area (Å²) in [7, 11) is 0. The summed E-state index contributed by atoms with van der Waals surface area (Å²) in [5, 5.41) is 3.59. The molecule has 1 atom stereocenters. The molecule has 0 aromatic carbocycles. The van der Waals surface area contributed by atoms with E-state index in [1.807, 2.05) is 0 Å². The average molecular weight is 228 g/mol. The molecule has 0 radical (unpaired) electrons. The molecule has 0 aliphatic carbocycles. The van der Waals surface area contributed by atoms with E-state index in [-0.39, 0.29) is 0 Å². The van der Waals surface area contributed by atoms with E-state index in [4.69, 9.17) is 5.73 Å². The third-order valence-electron chi connectivity index (χ3n) is 3.55. The van der Waals surface area contributed by atoms with Crippen LogP contribution < -0.4 is 11.1 Å². The van der Waals surface area contributed by atoms with Crippen LogP contribution in [0.5, 0.6) is 0 Å². The van der Waals surface area contributed by atoms with E-state index in [0.29, 0.717) is 5.92 Å². The minimum Gasteiger partial charge on any atom is -0.330 e. The highest BCUT2D eigenvalue weighted by Crippen LogP contribution is 2.19. The van der Waals surface area contributed by atoms with Crippen molar-refractivity contribution in [3.05, 3.63) is 0 Å². The second-order valence-electron chi connectivity index (χ2n) is 5.84. The molecule has 2 nitrogen and oxygen atoms in total. The fraction of sp³-hybridized carbons (Fsp3) is 1.00. The zero-order valence-electron chi connectivity index (χ0n) is 11.9. The van der Waals surface area contributed by atoms with Crippen LogP contribution in [0.1, 0.15) is 47.5 Å². The summed E-state index contributed by atoms with van der Waals surface area (Å²) < 4.78 is 0. The third-order valence-corrected chi connectivity index (χ3v) is 3.55. The van der Waals surface area contributed by atoms with Crippen LogP contribution in [-0.2, 0) is 0 Å². The van der Waals surface area contributed by atoms with Gasteiger partial charge in [-0.2, -0.15) is 0 Å². The van der Waals surface area contributed by atoms with Gasteiger partial charge in [-0.25, -0.2) is 0 Å². The number of hydrogen-bond acceptors (Lipinski definition) is 2. The summed E-state index contributed by atoms with van der Waals surface area (Å²) in [4.78, 5) is 0. The minimum atomic E-state index is 0.674. The molecule has 2 heteroatoms. The molecule has 3 N–H and O–H groups in total. The average Bonchev–Trinajstić information content (AvgIpc) is 2.21. The van der Waals surface area contributed by atoms with Gasteiger partial charge in [0, 0.05) is 0 Å². The van der Waals surface area contributed by atoms with Gasteiger partial charge >= 0.3 is 0 Å². The van der Waals surface area contributed by atoms with E-state index in [1.54, 1.807) is 0 Å². The number of rotatable bonds is 9. The molecule has 0 spiro atoms. The lowest BCUT2D eigenvalue weighted by atomic mass is 9.85. The largest absolute Gasteiger partial charge is 0.330 e. The van der Waals surface area contributed by atoms with Crippen molar-refractivity contribution in [3.63, 3.8) is 0 Å². The Labute approximate surface area is 102 Å². The summed E-state index contributed by atoms with van der Waals surface area (Å²) in [6.45, 7) is 14.6. The maximum Gasteiger partial charge on any atom is -0.00156 e. The van der Waals surface area contributed by atoms with Crippen molar-refractivity contribution in [2.75, 3.05) is 19.6 Å². The van der Waals surface area contributed by atoms with Crippen LogP contribution in [-0.4, -0.2) is 19.6 Å². The van der Waals surface area contributed by atoms with Gasteiger partial charge < -0.3 is 11.1 Å². The van der Waals surface area contributed by atoms with Gasteiger partial charge in [0.05, 0.1) is 0 Å². The van der Waals surface area contributed by atoms with Crippen LogP contribution in [0.25, 0.3) is 0 Å². The zero-order chi connectivity index (χ0) is 12.6. The van der Waals surface area contributed by atoms with E-state index in [0.717, 1.165) is 37.4 Å². The lowest BCUT2D eigenvalue weighted by Crippen LogP contribution is -2.30. The molecular weight excluding hydrogens is 196 g/mol. The molecule has 1 unspecified atom stereocenters. The molecule has 0 aliphatic rings. The Morgan fingerprint density at radius 1 is 1.00 bits per heavy atom. The van der Waals surface area contributed by atoms with Crippen LogP contribution >= 0.6 is 0 Å². The second-order valence-corrected chi connectivity index (χ2v) is 5.84. The van der Waals surface area contributed by atoms with Gasteiger partial charge in [-0.1, -0.05) is 34.6 Å². The molecule has 0 heterocycles. The highest BCUT2D eigenvalue weighted by molar-refractivity contribution is 4.69. The van der Waals surface area contributed by atoms with Gasteiger partial charge in [0.1, 0.15) is 0 Å². The molecule has 0 saturated heterocycles. The molecule has 98 valence electrons. The maximum atomic E-state index is 5.59. The highest BCUT2D eigenvalue weighted by atomic mass is 14.9. The molecule has 0 aliphatic heterocycles. The first-order valence-electron chi connectivity index (χ1n) is 6.89. The summed E-state index contributed by atoms with van der Waals surface area (Å²) in [5.41, 5.74) is 5.59. The van der Waals surface area contributed by atoms with Gasteiger partial charge in [0.15, 0.2) is 0 Å². The van der Waals surface area contributed by atoms with Crippen molar-refractivity contribution in [2.45, 2.75) is 47.5 Å². The Hall–Kier alpha value is -0.0800. The summed E-state index contributed by atoms with van der Waals surface area (Å²) in [6.07, 6.45) is 2.50. The van der Waals surface area contributed by atoms with E-state index in [2.05, 4.69) is 39.9 Å². The molecule has 0 rings (SSSR count). The van der Waals surface area contributed by atoms with Gasteiger partial charge in [-0.05, 0) is 56.1 Å². The van der Waals surface area contributed by atoms with Gasteiger partial charge in [-0.3, -0.25) is 0 Å². The van der Waals surface area contributed by atoms with Gasteiger partial charge in [-0.15, -0.1) is 0 Å². The Balaban J connectivity index is 3.55. The fourth-order valence-corrected chi connectivity index (χ4v) is 2.20. The Bertz CT molecular complexity index is 147. The third kappa shape index (κ3) is 7.24. The van der Waals surface area contributed by atoms with Crippen molar-refractivity contribution in [2.24, 2.45) is 29.4 Å². The van der Waals surface area contributed by atoms with E-state index < -0.39 is 0 Å². The monoisotopic (exact) mass is 228 g/mol. The molecule has 0 aromatic heterocycles. The first-order chi connectivity index (χ1) is 7.49. The standard InChI is InChI=1S/C14H32N2/c1-11(2)14(12(3)4)10-16-8-6-7-13(5)9-15/h11-14,16H,6-10,15H2,1-5H3. The van der Waals surface area contributed by atoms with Crippen LogP contribution in [0.3, 0.4) is 0 Å². The van der Waals surface area contributed by atoms with Crippen molar-refractivity contribution in [3.8, 4) is 0 Å². The van der Waals surface area contributed by atoms with Gasteiger partial charge in [0.2, 0.25) is 0 Å². The Morgan fingerprint density at radius 3 is 2.00 bits per heavy atom. The first-order valence-corrected chi connectivity index (χ1v) is 6.89. The summed E-state index contributed by atoms with van der Waals surface area (Å²) in [6, 6.07) is 0. The first kappa shape index (κ1) is 15.9. The van der Waals surface area contributed by atoms with Crippen LogP contribution in [0.2, 0.25) is 0 Å². The second kappa shape index (κ2) is 9.00. The normalized spacial score (nSPS) is 14.1. The summed E-state index contributed by atoms with van der Waals surface area (Å²) >= 11 is 0. The molecule has 0 bridgehead atoms. The smallest absolute Gasteiger partial charge is 0.00156 e. The molecule has 0 saturated carbocycles. The van der Waals surface area contributed by atoms with Crippen molar-refractivity contribution < 1.29 is 0 Å². The van der Waals surface area contributed by atoms with Crippen molar-refractivity contribution >= 4 is 0 Å². The van der Waals surface area contributed by atoms with E-state index in [9.17, 15) is 0 Å². The van der Waals surface area contributed by atoms with Crippen LogP contribution in [0.15, 0.2) is 0 Å². The lowest BCUT2D eigenvalue weighted by molar-refractivity contribution is 0.275. The molecule has 0 aromatic rings. The number of nitrogens with two attached hydrogens (primary N) is 1. The number of nitrogens with one attached hydrogen (secondary N) is 1. The topological polar surface area (TPSA) is 38.0 Å². The quantitative estimate of drug-likeness (QED) is 0.596. The lowest BCUT2D eigenvalue weighted by Gasteiger charge is -2.25. The van der Waals surface area contributed by atoms with E-state index >= 15 is 0 Å². The van der Waals surface area contributed by atoms with Crippen LogP contribution in [0.4, 0.5) is 0 Å². The maximum absolute atomic E-state index is 5.59. The summed E-state index contributed by atoms with van der Waals surface area (Å²) in [5.74, 6) is 3.02. The van der Waals surface area contributed by atoms with Gasteiger partial charge in [0.25, 0.3) is 0 Å². The number of hydrogen-bond donors (Lipinski definition) is 2. The SMILES string of the molecule is CC(CN)CCCNCC(C(C)C)C(C)C. The highest BCUT2D eigenvalue weighted by Gasteiger charge is 2.16. The predicted octanol–water partition coefficient (Wildman–Crippen LogP) is 2.88. The molecular formula is C14H32N2.